The summed E-state index contributed by atoms with van der Waals surface area (Å²) in [5.41, 5.74) is 7.85. The number of aromatic carboxylic acids is 1. The molecule has 0 radical (unpaired) electrons. The maximum absolute atomic E-state index is 12.6. The normalized spacial score (nSPS) is 25.2. The molecule has 172 valence electrons. The lowest BCUT2D eigenvalue weighted by Gasteiger charge is -2.45. The van der Waals surface area contributed by atoms with Crippen molar-refractivity contribution in [1.82, 2.24) is 9.16 Å². The molecule has 0 amide bonds. The van der Waals surface area contributed by atoms with Crippen molar-refractivity contribution in [2.45, 2.75) is 83.2 Å². The highest BCUT2D eigenvalue weighted by molar-refractivity contribution is 6.02. The summed E-state index contributed by atoms with van der Waals surface area (Å²) in [4.78, 5) is 12.6. The molecular weight excluding hydrogens is 410 g/mol. The van der Waals surface area contributed by atoms with Gasteiger partial charge in [0.15, 0.2) is 5.69 Å². The van der Waals surface area contributed by atoms with Gasteiger partial charge < -0.3 is 9.67 Å². The number of allylic oxidation sites excluding steroid dienone is 2. The van der Waals surface area contributed by atoms with Crippen molar-refractivity contribution in [3.05, 3.63) is 58.4 Å². The van der Waals surface area contributed by atoms with Gasteiger partial charge in [0.2, 0.25) is 0 Å². The molecule has 5 heteroatoms. The second kappa shape index (κ2) is 7.18. The van der Waals surface area contributed by atoms with Gasteiger partial charge in [0.05, 0.1) is 23.4 Å². The highest BCUT2D eigenvalue weighted by atomic mass is 16.4. The molecule has 2 aliphatic heterocycles. The number of hydrogen-bond donors (Lipinski definition) is 2. The first-order valence-corrected chi connectivity index (χ1v) is 12.5. The largest absolute Gasteiger partial charge is 0.478 e. The summed E-state index contributed by atoms with van der Waals surface area (Å²) in [5, 5.41) is 10.4. The summed E-state index contributed by atoms with van der Waals surface area (Å²) in [5.74, 6) is 7.04. The highest BCUT2D eigenvalue weighted by Gasteiger charge is 2.51. The Kier molecular flexibility index (Phi) is 4.56. The molecule has 0 saturated heterocycles. The van der Waals surface area contributed by atoms with E-state index in [1.165, 1.54) is 43.2 Å². The van der Waals surface area contributed by atoms with Crippen LogP contribution >= 0.6 is 0 Å². The van der Waals surface area contributed by atoms with Crippen molar-refractivity contribution in [2.24, 2.45) is 5.84 Å². The number of nitrogens with two attached hydrogens (primary N) is 1. The van der Waals surface area contributed by atoms with E-state index in [2.05, 4.69) is 48.9 Å². The lowest BCUT2D eigenvalue weighted by atomic mass is 9.79. The van der Waals surface area contributed by atoms with Crippen LogP contribution in [-0.4, -0.2) is 21.2 Å². The van der Waals surface area contributed by atoms with Gasteiger partial charge >= 0.3 is 5.97 Å². The minimum atomic E-state index is -0.849. The molecule has 1 aromatic heterocycles. The predicted octanol–water partition coefficient (Wildman–Crippen LogP) is 5.90. The van der Waals surface area contributed by atoms with Gasteiger partial charge in [0, 0.05) is 23.2 Å². The summed E-state index contributed by atoms with van der Waals surface area (Å²) in [6.07, 6.45) is 17.6. The van der Waals surface area contributed by atoms with Crippen LogP contribution in [0.1, 0.15) is 91.0 Å². The fraction of sp³-hybridized carbons (Fsp3) is 0.464. The Labute approximate surface area is 195 Å². The minimum Gasteiger partial charge on any atom is -0.478 e. The average molecular weight is 445 g/mol. The topological polar surface area (TPSA) is 68.2 Å². The third-order valence-electron chi connectivity index (χ3n) is 8.66. The smallest absolute Gasteiger partial charge is 0.338 e. The van der Waals surface area contributed by atoms with Crippen molar-refractivity contribution < 1.29 is 9.90 Å². The predicted molar refractivity (Wildman–Crippen MR) is 133 cm³/mol. The van der Waals surface area contributed by atoms with E-state index in [9.17, 15) is 9.90 Å². The summed E-state index contributed by atoms with van der Waals surface area (Å²) in [6.45, 7) is 5.13. The molecule has 0 bridgehead atoms. The van der Waals surface area contributed by atoms with Crippen LogP contribution in [0, 0.1) is 0 Å². The van der Waals surface area contributed by atoms with Crippen molar-refractivity contribution in [3.8, 4) is 11.3 Å². The summed E-state index contributed by atoms with van der Waals surface area (Å²) >= 11 is 0. The van der Waals surface area contributed by atoms with Crippen molar-refractivity contribution >= 4 is 17.7 Å². The van der Waals surface area contributed by atoms with Crippen LogP contribution in [0.3, 0.4) is 0 Å². The number of aromatic nitrogens is 1. The van der Waals surface area contributed by atoms with Crippen LogP contribution in [0.4, 0.5) is 5.69 Å². The minimum absolute atomic E-state index is 0.226. The number of rotatable bonds is 2. The van der Waals surface area contributed by atoms with Gasteiger partial charge in [0.1, 0.15) is 11.7 Å². The van der Waals surface area contributed by atoms with Gasteiger partial charge in [-0.3, -0.25) is 0 Å². The van der Waals surface area contributed by atoms with E-state index in [0.717, 1.165) is 47.5 Å². The number of quaternary nitrogens is 1. The van der Waals surface area contributed by atoms with Crippen LogP contribution in [0.5, 0.6) is 0 Å². The standard InChI is InChI=1S/C28H33N3O2/c1-28(2)17-30-23-13-7-6-11-21(23)24(27(32)33)25(30)22-15-14-19(18-9-4-3-5-10-18)20-12-8-16-31(28,29)26(20)22/h6,8,11,14-16,18H,3-5,7,9-10,12-13,17,29H2,1-2H3/p+1/t31-/m1/s1. The molecule has 3 heterocycles. The molecule has 1 aromatic carbocycles. The van der Waals surface area contributed by atoms with Gasteiger partial charge in [-0.15, -0.1) is 0 Å². The maximum Gasteiger partial charge on any atom is 0.338 e. The molecule has 1 fully saturated rings. The lowest BCUT2D eigenvalue weighted by Crippen LogP contribution is -2.66. The SMILES string of the molecule is CC1(C)Cn2c3c(c(C(=O)O)c2-c2ccc(C4CCCCC4)c4c2[N@+]1(N)C=CC4)C=CCC3. The number of carboxylic acid groups (broad SMARTS) is 1. The zero-order chi connectivity index (χ0) is 23.0. The number of nitrogens with zero attached hydrogens (tertiary/aromatic N) is 2. The number of fused-ring (bicyclic) bond motifs is 4. The molecule has 0 unspecified atom stereocenters. The zero-order valence-electron chi connectivity index (χ0n) is 19.7. The van der Waals surface area contributed by atoms with Gasteiger partial charge in [-0.1, -0.05) is 37.5 Å². The quantitative estimate of drug-likeness (QED) is 0.447. The Balaban J connectivity index is 1.70. The average Bonchev–Trinajstić information content (AvgIpc) is 3.09. The molecule has 2 aromatic rings. The first-order valence-electron chi connectivity index (χ1n) is 12.5. The number of carboxylic acids is 1. The fourth-order valence-electron chi connectivity index (χ4n) is 6.92. The van der Waals surface area contributed by atoms with E-state index < -0.39 is 5.97 Å². The zero-order valence-corrected chi connectivity index (χ0v) is 19.7. The first kappa shape index (κ1) is 20.9. The van der Waals surface area contributed by atoms with E-state index in [1.807, 2.05) is 6.08 Å². The van der Waals surface area contributed by atoms with Gasteiger partial charge in [-0.2, -0.15) is 10.4 Å². The van der Waals surface area contributed by atoms with Gasteiger partial charge in [-0.25, -0.2) is 4.79 Å². The Morgan fingerprint density at radius 1 is 1.18 bits per heavy atom. The Hall–Kier alpha value is -2.63. The summed E-state index contributed by atoms with van der Waals surface area (Å²) in [6, 6.07) is 4.49. The van der Waals surface area contributed by atoms with Crippen LogP contribution in [-0.2, 0) is 19.4 Å². The van der Waals surface area contributed by atoms with Crippen LogP contribution in [0.2, 0.25) is 0 Å². The summed E-state index contributed by atoms with van der Waals surface area (Å²) in [7, 11) is 0. The molecule has 5 nitrogen and oxygen atoms in total. The second-order valence-corrected chi connectivity index (χ2v) is 11.0. The number of hydrogen-bond acceptors (Lipinski definition) is 2. The van der Waals surface area contributed by atoms with Crippen LogP contribution in [0.25, 0.3) is 17.3 Å². The van der Waals surface area contributed by atoms with E-state index in [0.29, 0.717) is 18.0 Å². The molecule has 1 atom stereocenters. The Morgan fingerprint density at radius 2 is 1.97 bits per heavy atom. The second-order valence-electron chi connectivity index (χ2n) is 11.0. The number of carbonyl (C=O) groups is 1. The third-order valence-corrected chi connectivity index (χ3v) is 8.66. The molecule has 0 spiro atoms. The molecule has 3 N–H and O–H groups in total. The van der Waals surface area contributed by atoms with Crippen LogP contribution < -0.4 is 10.4 Å². The fourth-order valence-corrected chi connectivity index (χ4v) is 6.92. The lowest BCUT2D eigenvalue weighted by molar-refractivity contribution is 0.0697. The molecule has 4 aliphatic rings. The van der Waals surface area contributed by atoms with E-state index >= 15 is 0 Å². The van der Waals surface area contributed by atoms with E-state index in [4.69, 9.17) is 5.84 Å². The monoisotopic (exact) mass is 444 g/mol. The van der Waals surface area contributed by atoms with E-state index in [-0.39, 0.29) is 10.1 Å². The molecular formula is C28H34N3O2+. The van der Waals surface area contributed by atoms with Crippen LogP contribution in [0.15, 0.2) is 30.5 Å². The number of benzene rings is 1. The highest BCUT2D eigenvalue weighted by Crippen LogP contribution is 2.52. The Bertz CT molecular complexity index is 1230. The molecule has 2 aliphatic carbocycles. The van der Waals surface area contributed by atoms with Crippen molar-refractivity contribution in [2.75, 3.05) is 0 Å². The van der Waals surface area contributed by atoms with Crippen molar-refractivity contribution in [3.63, 3.8) is 0 Å². The van der Waals surface area contributed by atoms with E-state index in [1.54, 1.807) is 0 Å². The van der Waals surface area contributed by atoms with Gasteiger partial charge in [0.25, 0.3) is 0 Å². The Morgan fingerprint density at radius 3 is 2.73 bits per heavy atom. The molecule has 1 saturated carbocycles. The first-order chi connectivity index (χ1) is 15.8. The maximum atomic E-state index is 12.6. The van der Waals surface area contributed by atoms with Crippen molar-refractivity contribution in [1.29, 1.82) is 0 Å². The molecule has 33 heavy (non-hydrogen) atoms. The third kappa shape index (κ3) is 2.82. The molecule has 6 rings (SSSR count). The van der Waals surface area contributed by atoms with Gasteiger partial charge in [-0.05, 0) is 63.2 Å². The summed E-state index contributed by atoms with van der Waals surface area (Å²) < 4.78 is 2.51.